The Morgan fingerprint density at radius 2 is 2.00 bits per heavy atom. The summed E-state index contributed by atoms with van der Waals surface area (Å²) in [5, 5.41) is 3.95. The van der Waals surface area contributed by atoms with Gasteiger partial charge in [-0.3, -0.25) is 0 Å². The molecule has 0 bridgehead atoms. The number of hydrogen-bond acceptors (Lipinski definition) is 3. The zero-order valence-corrected chi connectivity index (χ0v) is 12.0. The van der Waals surface area contributed by atoms with Crippen LogP contribution in [0.1, 0.15) is 45.4 Å². The van der Waals surface area contributed by atoms with Gasteiger partial charge in [-0.2, -0.15) is 0 Å². The summed E-state index contributed by atoms with van der Waals surface area (Å²) in [4.78, 5) is 2.45. The molecule has 3 aliphatic rings. The van der Waals surface area contributed by atoms with Gasteiger partial charge in [0.1, 0.15) is 0 Å². The molecule has 1 aliphatic heterocycles. The van der Waals surface area contributed by atoms with Gasteiger partial charge in [0, 0.05) is 24.1 Å². The normalized spacial score (nSPS) is 36.3. The highest BCUT2D eigenvalue weighted by Crippen LogP contribution is 2.57. The van der Waals surface area contributed by atoms with Crippen LogP contribution in [0.3, 0.4) is 0 Å². The number of hydrogen-bond donors (Lipinski definition) is 1. The van der Waals surface area contributed by atoms with Crippen LogP contribution in [0.5, 0.6) is 0 Å². The third-order valence-corrected chi connectivity index (χ3v) is 5.59. The van der Waals surface area contributed by atoms with Crippen molar-refractivity contribution in [1.29, 1.82) is 0 Å². The molecule has 1 N–H and O–H groups in total. The molecular formula is C15H28N2O. The van der Waals surface area contributed by atoms with Crippen molar-refractivity contribution < 1.29 is 4.74 Å². The summed E-state index contributed by atoms with van der Waals surface area (Å²) in [6, 6.07) is 1.50. The van der Waals surface area contributed by atoms with Crippen LogP contribution in [0.15, 0.2) is 0 Å². The molecule has 0 aromatic rings. The standard InChI is InChI=1S/C15H28N2O/c1-3-18-14-11-13(15(14)7-4-8-15)16-12-5-9-17(2)10-6-12/h12-14,16H,3-11H2,1-2H3/t13-,14+/m0/s1. The molecule has 2 atom stereocenters. The second-order valence-electron chi connectivity index (χ2n) is 6.56. The molecule has 1 saturated heterocycles. The lowest BCUT2D eigenvalue weighted by molar-refractivity contribution is -0.175. The van der Waals surface area contributed by atoms with Gasteiger partial charge in [0.2, 0.25) is 0 Å². The summed E-state index contributed by atoms with van der Waals surface area (Å²) in [6.45, 7) is 5.52. The molecule has 2 saturated carbocycles. The minimum Gasteiger partial charge on any atom is -0.378 e. The molecule has 3 rings (SSSR count). The van der Waals surface area contributed by atoms with Crippen molar-refractivity contribution in [1.82, 2.24) is 10.2 Å². The Morgan fingerprint density at radius 3 is 2.56 bits per heavy atom. The van der Waals surface area contributed by atoms with E-state index in [0.717, 1.165) is 18.7 Å². The SMILES string of the molecule is CCO[C@@H]1C[C@H](NC2CCN(C)CC2)C12CCC2. The first-order valence-corrected chi connectivity index (χ1v) is 7.81. The van der Waals surface area contributed by atoms with Crippen molar-refractivity contribution in [3.05, 3.63) is 0 Å². The van der Waals surface area contributed by atoms with Crippen LogP contribution in [0, 0.1) is 5.41 Å². The van der Waals surface area contributed by atoms with Crippen molar-refractivity contribution in [2.75, 3.05) is 26.7 Å². The van der Waals surface area contributed by atoms with Crippen molar-refractivity contribution in [3.8, 4) is 0 Å². The fourth-order valence-electron chi connectivity index (χ4n) is 4.13. The van der Waals surface area contributed by atoms with Gasteiger partial charge < -0.3 is 15.0 Å². The van der Waals surface area contributed by atoms with E-state index in [4.69, 9.17) is 4.74 Å². The largest absolute Gasteiger partial charge is 0.378 e. The monoisotopic (exact) mass is 252 g/mol. The molecule has 1 spiro atoms. The Morgan fingerprint density at radius 1 is 1.28 bits per heavy atom. The zero-order valence-electron chi connectivity index (χ0n) is 12.0. The molecule has 3 fully saturated rings. The Kier molecular flexibility index (Phi) is 3.65. The summed E-state index contributed by atoms with van der Waals surface area (Å²) in [7, 11) is 2.23. The summed E-state index contributed by atoms with van der Waals surface area (Å²) < 4.78 is 5.92. The second-order valence-corrected chi connectivity index (χ2v) is 6.56. The molecule has 104 valence electrons. The average molecular weight is 252 g/mol. The molecular weight excluding hydrogens is 224 g/mol. The number of nitrogens with one attached hydrogen (secondary N) is 1. The summed E-state index contributed by atoms with van der Waals surface area (Å²) in [6.07, 6.45) is 8.64. The zero-order chi connectivity index (χ0) is 12.6. The highest BCUT2D eigenvalue weighted by Gasteiger charge is 2.58. The minimum absolute atomic E-state index is 0.527. The number of likely N-dealkylation sites (tertiary alicyclic amines) is 1. The first-order valence-electron chi connectivity index (χ1n) is 7.81. The van der Waals surface area contributed by atoms with Crippen LogP contribution < -0.4 is 5.32 Å². The second kappa shape index (κ2) is 5.10. The van der Waals surface area contributed by atoms with E-state index in [1.54, 1.807) is 0 Å². The van der Waals surface area contributed by atoms with Gasteiger partial charge in [-0.15, -0.1) is 0 Å². The van der Waals surface area contributed by atoms with Gasteiger partial charge in [0.15, 0.2) is 0 Å². The summed E-state index contributed by atoms with van der Waals surface area (Å²) in [5.41, 5.74) is 0.527. The Labute approximate surface area is 111 Å². The smallest absolute Gasteiger partial charge is 0.0661 e. The lowest BCUT2D eigenvalue weighted by atomic mass is 9.51. The van der Waals surface area contributed by atoms with E-state index in [9.17, 15) is 0 Å². The van der Waals surface area contributed by atoms with E-state index in [-0.39, 0.29) is 0 Å². The van der Waals surface area contributed by atoms with Gasteiger partial charge in [0.25, 0.3) is 0 Å². The van der Waals surface area contributed by atoms with Crippen molar-refractivity contribution >= 4 is 0 Å². The van der Waals surface area contributed by atoms with E-state index in [1.807, 2.05) is 0 Å². The minimum atomic E-state index is 0.527. The molecule has 3 heteroatoms. The number of nitrogens with zero attached hydrogens (tertiary/aromatic N) is 1. The van der Waals surface area contributed by atoms with E-state index in [1.165, 1.54) is 51.6 Å². The van der Waals surface area contributed by atoms with Crippen LogP contribution in [0.2, 0.25) is 0 Å². The van der Waals surface area contributed by atoms with Crippen LogP contribution in [-0.2, 0) is 4.74 Å². The molecule has 0 aromatic carbocycles. The molecule has 0 amide bonds. The maximum absolute atomic E-state index is 5.92. The lowest BCUT2D eigenvalue weighted by Crippen LogP contribution is -2.68. The first-order chi connectivity index (χ1) is 8.74. The molecule has 3 nitrogen and oxygen atoms in total. The van der Waals surface area contributed by atoms with Crippen LogP contribution in [0.25, 0.3) is 0 Å². The number of ether oxygens (including phenoxy) is 1. The lowest BCUT2D eigenvalue weighted by Gasteiger charge is -2.62. The number of piperidine rings is 1. The Balaban J connectivity index is 1.52. The van der Waals surface area contributed by atoms with Gasteiger partial charge in [-0.05, 0) is 59.2 Å². The van der Waals surface area contributed by atoms with E-state index < -0.39 is 0 Å². The van der Waals surface area contributed by atoms with Crippen LogP contribution in [-0.4, -0.2) is 49.8 Å². The van der Waals surface area contributed by atoms with Gasteiger partial charge in [0.05, 0.1) is 6.10 Å². The highest BCUT2D eigenvalue weighted by atomic mass is 16.5. The summed E-state index contributed by atoms with van der Waals surface area (Å²) >= 11 is 0. The quantitative estimate of drug-likeness (QED) is 0.828. The highest BCUT2D eigenvalue weighted by molar-refractivity contribution is 5.12. The van der Waals surface area contributed by atoms with Gasteiger partial charge in [-0.25, -0.2) is 0 Å². The summed E-state index contributed by atoms with van der Waals surface area (Å²) in [5.74, 6) is 0. The fourth-order valence-corrected chi connectivity index (χ4v) is 4.13. The van der Waals surface area contributed by atoms with Crippen LogP contribution in [0.4, 0.5) is 0 Å². The maximum Gasteiger partial charge on any atom is 0.0661 e. The van der Waals surface area contributed by atoms with Crippen molar-refractivity contribution in [3.63, 3.8) is 0 Å². The molecule has 0 unspecified atom stereocenters. The van der Waals surface area contributed by atoms with Crippen molar-refractivity contribution in [2.24, 2.45) is 5.41 Å². The Hall–Kier alpha value is -0.120. The topological polar surface area (TPSA) is 24.5 Å². The molecule has 1 heterocycles. The molecule has 0 radical (unpaired) electrons. The molecule has 18 heavy (non-hydrogen) atoms. The number of rotatable bonds is 4. The fraction of sp³-hybridized carbons (Fsp3) is 1.00. The van der Waals surface area contributed by atoms with E-state index in [0.29, 0.717) is 11.5 Å². The third-order valence-electron chi connectivity index (χ3n) is 5.59. The van der Waals surface area contributed by atoms with Gasteiger partial charge >= 0.3 is 0 Å². The van der Waals surface area contributed by atoms with E-state index in [2.05, 4.69) is 24.2 Å². The van der Waals surface area contributed by atoms with Crippen LogP contribution >= 0.6 is 0 Å². The average Bonchev–Trinajstić information content (AvgIpc) is 2.28. The predicted octanol–water partition coefficient (Wildman–Crippen LogP) is 2.02. The molecule has 0 aromatic heterocycles. The molecule has 2 aliphatic carbocycles. The van der Waals surface area contributed by atoms with Crippen molar-refractivity contribution in [2.45, 2.75) is 63.6 Å². The maximum atomic E-state index is 5.92. The Bertz CT molecular complexity index is 282. The van der Waals surface area contributed by atoms with Gasteiger partial charge in [-0.1, -0.05) is 6.42 Å². The van der Waals surface area contributed by atoms with E-state index >= 15 is 0 Å². The third kappa shape index (κ3) is 2.10. The first kappa shape index (κ1) is 12.9. The predicted molar refractivity (Wildman–Crippen MR) is 73.8 cm³/mol.